The Kier molecular flexibility index (Phi) is 14.4. The lowest BCUT2D eigenvalue weighted by Crippen LogP contribution is -2.57. The Labute approximate surface area is 308 Å². The maximum Gasteiger partial charge on any atom is 0.333 e. The van der Waals surface area contributed by atoms with Gasteiger partial charge in [0.2, 0.25) is 5.95 Å². The molecule has 0 spiro atoms. The van der Waals surface area contributed by atoms with Crippen molar-refractivity contribution < 1.29 is 73.3 Å². The second-order valence-corrected chi connectivity index (χ2v) is 14.5. The van der Waals surface area contributed by atoms with Crippen LogP contribution in [0.3, 0.4) is 0 Å². The topological polar surface area (TPSA) is 352 Å². The van der Waals surface area contributed by atoms with Crippen molar-refractivity contribution in [3.8, 4) is 0 Å². The molecule has 0 radical (unpaired) electrons. The molecule has 12 atom stereocenters. The van der Waals surface area contributed by atoms with Crippen LogP contribution in [0, 0.1) is 0 Å². The maximum absolute atomic E-state index is 12.6. The Balaban J connectivity index is 1.23. The summed E-state index contributed by atoms with van der Waals surface area (Å²) in [6, 6.07) is 6.50. The van der Waals surface area contributed by atoms with E-state index in [1.54, 1.807) is 31.3 Å². The number of benzene rings is 1. The van der Waals surface area contributed by atoms with Crippen LogP contribution in [0.2, 0.25) is 0 Å². The number of rotatable bonds is 19. The highest BCUT2D eigenvalue weighted by molar-refractivity contribution is 7.45. The molecule has 0 aliphatic carbocycles. The molecule has 0 bridgehead atoms. The molecule has 3 heterocycles. The third-order valence-electron chi connectivity index (χ3n) is 8.98. The van der Waals surface area contributed by atoms with Gasteiger partial charge in [-0.3, -0.25) is 19.1 Å². The van der Waals surface area contributed by atoms with Crippen LogP contribution < -0.4 is 31.7 Å². The van der Waals surface area contributed by atoms with Gasteiger partial charge in [0, 0.05) is 37.7 Å². The molecule has 2 aliphatic rings. The quantitative estimate of drug-likeness (QED) is 0.0649. The fourth-order valence-corrected chi connectivity index (χ4v) is 7.18. The molecule has 1 aromatic heterocycles. The van der Waals surface area contributed by atoms with Crippen LogP contribution in [0.4, 0.5) is 23.1 Å². The number of ether oxygens (including phenoxy) is 2. The van der Waals surface area contributed by atoms with Gasteiger partial charge in [-0.25, -0.2) is 4.79 Å². The summed E-state index contributed by atoms with van der Waals surface area (Å²) in [4.78, 5) is 55.2. The Hall–Kier alpha value is -3.93. The summed E-state index contributed by atoms with van der Waals surface area (Å²) in [6.07, 6.45) is -15.1. The van der Waals surface area contributed by atoms with Crippen LogP contribution in [-0.2, 0) is 39.1 Å². The minimum atomic E-state index is -5.36. The number of H-pyrrole nitrogens is 1. The number of phosphoric ester groups is 1. The van der Waals surface area contributed by atoms with Crippen molar-refractivity contribution in [2.75, 3.05) is 41.5 Å². The smallest absolute Gasteiger partial charge is 0.333 e. The van der Waals surface area contributed by atoms with Crippen molar-refractivity contribution in [1.29, 1.82) is 0 Å². The van der Waals surface area contributed by atoms with Crippen molar-refractivity contribution in [2.45, 2.75) is 100 Å². The molecule has 0 amide bonds. The van der Waals surface area contributed by atoms with E-state index < -0.39 is 94.8 Å². The first-order valence-electron chi connectivity index (χ1n) is 16.8. The van der Waals surface area contributed by atoms with E-state index in [0.717, 1.165) is 5.69 Å². The number of carboxylic acid groups (broad SMARTS) is 2. The number of aliphatic hydroxyl groups is 5. The number of aliphatic hydroxyl groups excluding tert-OH is 5. The SMILES string of the molecule is CC(Nc1ccc(CC(O)C(O)C(O)COC2OC(COP(=O)([O-])OC(CCC(=O)O)C(=O)O)C(O)C2O)cc1)C1C(C)Nc2nc(N)[nH]c(=O)c2N1C. The van der Waals surface area contributed by atoms with Gasteiger partial charge in [-0.05, 0) is 38.0 Å². The van der Waals surface area contributed by atoms with Gasteiger partial charge < -0.3 is 80.4 Å². The molecule has 12 N–H and O–H groups in total. The Bertz CT molecular complexity index is 1700. The van der Waals surface area contributed by atoms with E-state index in [0.29, 0.717) is 17.1 Å². The van der Waals surface area contributed by atoms with Gasteiger partial charge in [-0.15, -0.1) is 0 Å². The van der Waals surface area contributed by atoms with Gasteiger partial charge in [0.05, 0.1) is 25.4 Å². The lowest BCUT2D eigenvalue weighted by atomic mass is 9.97. The fourth-order valence-electron chi connectivity index (χ4n) is 6.28. The van der Waals surface area contributed by atoms with Crippen molar-refractivity contribution in [2.24, 2.45) is 0 Å². The largest absolute Gasteiger partial charge is 0.756 e. The van der Waals surface area contributed by atoms with Crippen LogP contribution in [-0.4, -0.2) is 145 Å². The summed E-state index contributed by atoms with van der Waals surface area (Å²) in [7, 11) is -3.56. The summed E-state index contributed by atoms with van der Waals surface area (Å²) >= 11 is 0. The molecule has 0 saturated carbocycles. The number of nitrogens with zero attached hydrogens (tertiary/aromatic N) is 2. The van der Waals surface area contributed by atoms with Crippen LogP contribution in [0.1, 0.15) is 32.3 Å². The molecule has 2 aliphatic heterocycles. The van der Waals surface area contributed by atoms with Crippen LogP contribution in [0.5, 0.6) is 0 Å². The standard InChI is InChI=1S/C31H47N6O16P/c1-13(22-14(2)34-27-23(37(22)3)28(45)36-31(32)35-27)33-16-6-4-15(5-7-16)10-17(38)24(42)18(39)11-50-30-26(44)25(43)20(52-30)12-51-54(48,49)53-19(29(46)47)8-9-21(40)41/h4-7,13-14,17-20,22,24-26,30,33,38-39,42-44H,8-12H2,1-3H3,(H,40,41)(H,46,47)(H,48,49)(H4,32,34,35,36,45)/p-1. The number of hydrogen-bond acceptors (Lipinski definition) is 19. The number of aromatic amines is 1. The van der Waals surface area contributed by atoms with Crippen molar-refractivity contribution in [3.63, 3.8) is 0 Å². The zero-order valence-corrected chi connectivity index (χ0v) is 30.3. The van der Waals surface area contributed by atoms with Crippen molar-refractivity contribution in [3.05, 3.63) is 40.2 Å². The highest BCUT2D eigenvalue weighted by atomic mass is 31.2. The molecule has 1 fully saturated rings. The second-order valence-electron chi connectivity index (χ2n) is 13.1. The van der Waals surface area contributed by atoms with Gasteiger partial charge in [-0.1, -0.05) is 12.1 Å². The van der Waals surface area contributed by atoms with Gasteiger partial charge in [-0.2, -0.15) is 4.98 Å². The number of anilines is 4. The molecular formula is C31H46N6O16P-. The number of nitrogens with two attached hydrogens (primary N) is 1. The first kappa shape index (κ1) is 42.8. The van der Waals surface area contributed by atoms with E-state index in [1.165, 1.54) is 0 Å². The highest BCUT2D eigenvalue weighted by Crippen LogP contribution is 2.42. The molecule has 2 aromatic rings. The predicted molar refractivity (Wildman–Crippen MR) is 185 cm³/mol. The minimum absolute atomic E-state index is 0.00874. The summed E-state index contributed by atoms with van der Waals surface area (Å²) in [5.41, 5.74) is 7.03. The van der Waals surface area contributed by atoms with Gasteiger partial charge >= 0.3 is 11.9 Å². The van der Waals surface area contributed by atoms with Crippen LogP contribution in [0.25, 0.3) is 0 Å². The third-order valence-corrected chi connectivity index (χ3v) is 9.96. The third kappa shape index (κ3) is 10.9. The monoisotopic (exact) mass is 789 g/mol. The lowest BCUT2D eigenvalue weighted by molar-refractivity contribution is -0.236. The molecule has 1 aromatic carbocycles. The zero-order valence-electron chi connectivity index (χ0n) is 29.4. The summed E-state index contributed by atoms with van der Waals surface area (Å²) in [5, 5.41) is 76.7. The molecule has 23 heteroatoms. The van der Waals surface area contributed by atoms with Crippen molar-refractivity contribution >= 4 is 42.9 Å². The van der Waals surface area contributed by atoms with E-state index in [1.807, 2.05) is 18.7 Å². The summed E-state index contributed by atoms with van der Waals surface area (Å²) in [6.45, 7) is 2.26. The number of aliphatic carboxylic acids is 2. The Morgan fingerprint density at radius 2 is 1.81 bits per heavy atom. The maximum atomic E-state index is 12.6. The number of likely N-dealkylation sites (N-methyl/N-ethyl adjacent to an activating group) is 1. The molecule has 302 valence electrons. The number of nitrogen functional groups attached to an aromatic ring is 1. The van der Waals surface area contributed by atoms with E-state index in [2.05, 4.69) is 29.6 Å². The highest BCUT2D eigenvalue weighted by Gasteiger charge is 2.45. The molecule has 22 nitrogen and oxygen atoms in total. The molecule has 1 saturated heterocycles. The van der Waals surface area contributed by atoms with E-state index in [9.17, 15) is 49.4 Å². The number of fused-ring (bicyclic) bond motifs is 1. The van der Waals surface area contributed by atoms with Crippen molar-refractivity contribution in [1.82, 2.24) is 9.97 Å². The molecule has 12 unspecified atom stereocenters. The predicted octanol–water partition coefficient (Wildman–Crippen LogP) is -2.62. The zero-order chi connectivity index (χ0) is 40.1. The Morgan fingerprint density at radius 3 is 2.44 bits per heavy atom. The van der Waals surface area contributed by atoms with Crippen LogP contribution in [0.15, 0.2) is 29.1 Å². The van der Waals surface area contributed by atoms with Gasteiger partial charge in [0.1, 0.15) is 36.2 Å². The van der Waals surface area contributed by atoms with Crippen LogP contribution >= 0.6 is 7.82 Å². The molecule has 54 heavy (non-hydrogen) atoms. The van der Waals surface area contributed by atoms with E-state index >= 15 is 0 Å². The number of phosphoric acid groups is 1. The Morgan fingerprint density at radius 1 is 1.15 bits per heavy atom. The first-order chi connectivity index (χ1) is 25.3. The number of nitrogens with one attached hydrogen (secondary N) is 3. The average Bonchev–Trinajstić information content (AvgIpc) is 3.35. The number of hydrogen-bond donors (Lipinski definition) is 11. The lowest BCUT2D eigenvalue weighted by Gasteiger charge is -2.43. The first-order valence-corrected chi connectivity index (χ1v) is 18.2. The number of carboxylic acids is 2. The van der Waals surface area contributed by atoms with Gasteiger partial charge in [0.15, 0.2) is 18.2 Å². The fraction of sp³-hybridized carbons (Fsp3) is 0.613. The van der Waals surface area contributed by atoms with E-state index in [4.69, 9.17) is 25.4 Å². The average molecular weight is 790 g/mol. The summed E-state index contributed by atoms with van der Waals surface area (Å²) in [5.74, 6) is -2.74. The molecular weight excluding hydrogens is 743 g/mol. The number of aromatic nitrogens is 2. The molecule has 4 rings (SSSR count). The van der Waals surface area contributed by atoms with E-state index in [-0.39, 0.29) is 36.1 Å². The van der Waals surface area contributed by atoms with Gasteiger partial charge in [0.25, 0.3) is 13.4 Å². The minimum Gasteiger partial charge on any atom is -0.756 e. The summed E-state index contributed by atoms with van der Waals surface area (Å²) < 4.78 is 31.6. The number of carbonyl (C=O) groups is 2. The normalized spacial score (nSPS) is 26.4. The second kappa shape index (κ2) is 18.1.